The summed E-state index contributed by atoms with van der Waals surface area (Å²) in [7, 11) is 1.47. The topological polar surface area (TPSA) is 44.5 Å². The summed E-state index contributed by atoms with van der Waals surface area (Å²) in [4.78, 5) is 0. The van der Waals surface area contributed by atoms with Crippen LogP contribution >= 0.6 is 0 Å². The van der Waals surface area contributed by atoms with Gasteiger partial charge in [0.05, 0.1) is 18.4 Å². The lowest BCUT2D eigenvalue weighted by Gasteiger charge is -2.13. The molecule has 3 nitrogen and oxygen atoms in total. The molecule has 0 aliphatic heterocycles. The molecule has 0 bridgehead atoms. The fourth-order valence-corrected chi connectivity index (χ4v) is 1.64. The zero-order chi connectivity index (χ0) is 14.8. The lowest BCUT2D eigenvalue weighted by atomic mass is 10.2. The zero-order valence-electron chi connectivity index (χ0n) is 10.6. The molecule has 0 radical (unpaired) electrons. The van der Waals surface area contributed by atoms with E-state index in [9.17, 15) is 13.2 Å². The number of nitrogens with two attached hydrogens (primary N) is 1. The fraction of sp³-hybridized carbons (Fsp3) is 0.143. The first-order valence-electron chi connectivity index (χ1n) is 5.69. The van der Waals surface area contributed by atoms with E-state index < -0.39 is 11.7 Å². The molecule has 20 heavy (non-hydrogen) atoms. The van der Waals surface area contributed by atoms with Gasteiger partial charge in [0.2, 0.25) is 0 Å². The second-order valence-electron chi connectivity index (χ2n) is 4.00. The minimum atomic E-state index is -4.43. The zero-order valence-corrected chi connectivity index (χ0v) is 10.6. The van der Waals surface area contributed by atoms with Crippen molar-refractivity contribution in [3.05, 3.63) is 48.0 Å². The van der Waals surface area contributed by atoms with Crippen molar-refractivity contribution in [3.8, 4) is 17.2 Å². The Balaban J connectivity index is 2.31. The normalized spacial score (nSPS) is 11.2. The Labute approximate surface area is 113 Å². The van der Waals surface area contributed by atoms with Gasteiger partial charge in [-0.2, -0.15) is 13.2 Å². The predicted octanol–water partition coefficient (Wildman–Crippen LogP) is 4.09. The van der Waals surface area contributed by atoms with Crippen LogP contribution in [0.1, 0.15) is 5.56 Å². The standard InChI is InChI=1S/C14H12F3NO2/c1-19-12-4-2-3-5-13(12)20-11-7-6-9(8-10(11)18)14(15,16)17/h2-8H,18H2,1H3. The Morgan fingerprint density at radius 2 is 1.60 bits per heavy atom. The van der Waals surface area contributed by atoms with E-state index in [0.717, 1.165) is 12.1 Å². The molecule has 0 aromatic heterocycles. The van der Waals surface area contributed by atoms with Crippen molar-refractivity contribution in [1.82, 2.24) is 0 Å². The molecule has 0 saturated heterocycles. The van der Waals surface area contributed by atoms with Gasteiger partial charge in [-0.3, -0.25) is 0 Å². The van der Waals surface area contributed by atoms with E-state index in [-0.39, 0.29) is 11.4 Å². The molecule has 0 amide bonds. The number of hydrogen-bond donors (Lipinski definition) is 1. The third-order valence-corrected chi connectivity index (χ3v) is 2.63. The first kappa shape index (κ1) is 14.0. The number of halogens is 3. The van der Waals surface area contributed by atoms with Crippen LogP contribution in [0.3, 0.4) is 0 Å². The van der Waals surface area contributed by atoms with Gasteiger partial charge < -0.3 is 15.2 Å². The number of hydrogen-bond acceptors (Lipinski definition) is 3. The molecule has 106 valence electrons. The van der Waals surface area contributed by atoms with Crippen LogP contribution in [-0.2, 0) is 6.18 Å². The number of rotatable bonds is 3. The smallest absolute Gasteiger partial charge is 0.416 e. The SMILES string of the molecule is COc1ccccc1Oc1ccc(C(F)(F)F)cc1N. The largest absolute Gasteiger partial charge is 0.493 e. The summed E-state index contributed by atoms with van der Waals surface area (Å²) in [6, 6.07) is 9.72. The van der Waals surface area contributed by atoms with E-state index in [0.29, 0.717) is 11.5 Å². The maximum atomic E-state index is 12.5. The van der Waals surface area contributed by atoms with Gasteiger partial charge in [-0.05, 0) is 30.3 Å². The second-order valence-corrected chi connectivity index (χ2v) is 4.00. The number of benzene rings is 2. The highest BCUT2D eigenvalue weighted by atomic mass is 19.4. The Kier molecular flexibility index (Phi) is 3.74. The Morgan fingerprint density at radius 1 is 0.950 bits per heavy atom. The monoisotopic (exact) mass is 283 g/mol. The lowest BCUT2D eigenvalue weighted by Crippen LogP contribution is -2.06. The summed E-state index contributed by atoms with van der Waals surface area (Å²) in [5, 5.41) is 0. The van der Waals surface area contributed by atoms with Gasteiger partial charge in [0.15, 0.2) is 17.2 Å². The number of nitrogen functional groups attached to an aromatic ring is 1. The van der Waals surface area contributed by atoms with Gasteiger partial charge in [0, 0.05) is 0 Å². The molecular weight excluding hydrogens is 271 g/mol. The predicted molar refractivity (Wildman–Crippen MR) is 68.9 cm³/mol. The van der Waals surface area contributed by atoms with Gasteiger partial charge >= 0.3 is 6.18 Å². The van der Waals surface area contributed by atoms with Gasteiger partial charge in [0.1, 0.15) is 0 Å². The summed E-state index contributed by atoms with van der Waals surface area (Å²) < 4.78 is 48.2. The fourth-order valence-electron chi connectivity index (χ4n) is 1.64. The molecule has 0 spiro atoms. The number of methoxy groups -OCH3 is 1. The van der Waals surface area contributed by atoms with Gasteiger partial charge in [-0.25, -0.2) is 0 Å². The maximum Gasteiger partial charge on any atom is 0.416 e. The minimum absolute atomic E-state index is 0.0919. The molecule has 0 unspecified atom stereocenters. The quantitative estimate of drug-likeness (QED) is 0.863. The maximum absolute atomic E-state index is 12.5. The van der Waals surface area contributed by atoms with Crippen LogP contribution in [0.2, 0.25) is 0 Å². The van der Waals surface area contributed by atoms with Crippen LogP contribution in [0.4, 0.5) is 18.9 Å². The third-order valence-electron chi connectivity index (χ3n) is 2.63. The molecule has 0 fully saturated rings. The minimum Gasteiger partial charge on any atom is -0.493 e. The molecular formula is C14H12F3NO2. The van der Waals surface area contributed by atoms with Crippen molar-refractivity contribution < 1.29 is 22.6 Å². The summed E-state index contributed by atoms with van der Waals surface area (Å²) in [5.41, 5.74) is 4.68. The first-order valence-corrected chi connectivity index (χ1v) is 5.69. The summed E-state index contributed by atoms with van der Waals surface area (Å²) >= 11 is 0. The van der Waals surface area contributed by atoms with Crippen molar-refractivity contribution in [2.24, 2.45) is 0 Å². The summed E-state index contributed by atoms with van der Waals surface area (Å²) in [5.74, 6) is 0.982. The van der Waals surface area contributed by atoms with Crippen molar-refractivity contribution in [3.63, 3.8) is 0 Å². The molecule has 0 heterocycles. The van der Waals surface area contributed by atoms with E-state index in [4.69, 9.17) is 15.2 Å². The van der Waals surface area contributed by atoms with Crippen LogP contribution in [-0.4, -0.2) is 7.11 Å². The van der Waals surface area contributed by atoms with Crippen LogP contribution in [0.25, 0.3) is 0 Å². The van der Waals surface area contributed by atoms with Crippen LogP contribution < -0.4 is 15.2 Å². The highest BCUT2D eigenvalue weighted by Crippen LogP contribution is 2.37. The summed E-state index contributed by atoms with van der Waals surface area (Å²) in [6.45, 7) is 0. The molecule has 6 heteroatoms. The van der Waals surface area contributed by atoms with Crippen molar-refractivity contribution in [1.29, 1.82) is 0 Å². The van der Waals surface area contributed by atoms with E-state index in [1.165, 1.54) is 13.2 Å². The lowest BCUT2D eigenvalue weighted by molar-refractivity contribution is -0.137. The van der Waals surface area contributed by atoms with Crippen molar-refractivity contribution in [2.45, 2.75) is 6.18 Å². The van der Waals surface area contributed by atoms with E-state index in [1.54, 1.807) is 24.3 Å². The molecule has 0 saturated carbocycles. The average Bonchev–Trinajstić information content (AvgIpc) is 2.40. The highest BCUT2D eigenvalue weighted by molar-refractivity contribution is 5.57. The molecule has 2 aromatic carbocycles. The van der Waals surface area contributed by atoms with Crippen molar-refractivity contribution >= 4 is 5.69 Å². The Bertz CT molecular complexity index is 612. The van der Waals surface area contributed by atoms with Gasteiger partial charge in [-0.1, -0.05) is 12.1 Å². The Hall–Kier alpha value is -2.37. The van der Waals surface area contributed by atoms with Gasteiger partial charge in [0.25, 0.3) is 0 Å². The van der Waals surface area contributed by atoms with Crippen LogP contribution in [0, 0.1) is 0 Å². The van der Waals surface area contributed by atoms with E-state index in [1.807, 2.05) is 0 Å². The highest BCUT2D eigenvalue weighted by Gasteiger charge is 2.31. The third kappa shape index (κ3) is 2.96. The molecule has 2 aromatic rings. The number of alkyl halides is 3. The van der Waals surface area contributed by atoms with Gasteiger partial charge in [-0.15, -0.1) is 0 Å². The molecule has 0 aliphatic carbocycles. The average molecular weight is 283 g/mol. The van der Waals surface area contributed by atoms with E-state index in [2.05, 4.69) is 0 Å². The number of anilines is 1. The Morgan fingerprint density at radius 3 is 2.15 bits per heavy atom. The second kappa shape index (κ2) is 5.32. The van der Waals surface area contributed by atoms with Crippen LogP contribution in [0.15, 0.2) is 42.5 Å². The van der Waals surface area contributed by atoms with Crippen LogP contribution in [0.5, 0.6) is 17.2 Å². The molecule has 2 N–H and O–H groups in total. The molecule has 0 aliphatic rings. The first-order chi connectivity index (χ1) is 9.41. The molecule has 2 rings (SSSR count). The number of para-hydroxylation sites is 2. The van der Waals surface area contributed by atoms with Crippen molar-refractivity contribution in [2.75, 3.05) is 12.8 Å². The van der Waals surface area contributed by atoms with E-state index >= 15 is 0 Å². The summed E-state index contributed by atoms with van der Waals surface area (Å²) in [6.07, 6.45) is -4.43. The number of ether oxygens (including phenoxy) is 2. The molecule has 0 atom stereocenters.